The summed E-state index contributed by atoms with van der Waals surface area (Å²) in [5.41, 5.74) is -0.181. The normalized spacial score (nSPS) is 11.6. The molecular formula is C24H25ClFN5O3. The van der Waals surface area contributed by atoms with Crippen LogP contribution in [0.3, 0.4) is 0 Å². The number of amides is 1. The zero-order valence-electron chi connectivity index (χ0n) is 19.1. The van der Waals surface area contributed by atoms with Gasteiger partial charge in [0.1, 0.15) is 5.82 Å². The molecule has 0 bridgehead atoms. The molecule has 0 radical (unpaired) electrons. The summed E-state index contributed by atoms with van der Waals surface area (Å²) < 4.78 is 18.2. The number of carbonyl (C=O) groups is 1. The molecule has 178 valence electrons. The molecule has 4 aromatic rings. The highest BCUT2D eigenvalue weighted by Gasteiger charge is 2.20. The highest BCUT2D eigenvalue weighted by Crippen LogP contribution is 2.20. The van der Waals surface area contributed by atoms with Gasteiger partial charge in [0, 0.05) is 29.2 Å². The van der Waals surface area contributed by atoms with Gasteiger partial charge in [0.15, 0.2) is 0 Å². The molecule has 0 aliphatic rings. The number of nitrogens with one attached hydrogen (secondary N) is 1. The maximum atomic E-state index is 14.4. The Labute approximate surface area is 199 Å². The smallest absolute Gasteiger partial charge is 0.352 e. The van der Waals surface area contributed by atoms with Gasteiger partial charge in [-0.2, -0.15) is 0 Å². The van der Waals surface area contributed by atoms with Crippen LogP contribution in [0.4, 0.5) is 4.39 Å². The fraction of sp³-hybridized carbons (Fsp3) is 0.333. The number of hydrogen-bond donors (Lipinski definition) is 1. The predicted octanol–water partition coefficient (Wildman–Crippen LogP) is 3.45. The van der Waals surface area contributed by atoms with Crippen molar-refractivity contribution in [2.75, 3.05) is 6.54 Å². The van der Waals surface area contributed by atoms with Crippen molar-refractivity contribution in [2.45, 2.75) is 40.3 Å². The summed E-state index contributed by atoms with van der Waals surface area (Å²) in [6.07, 6.45) is 0.636. The molecule has 4 rings (SSSR count). The SMILES string of the molecule is CCCn1c(=O)c2ccc(C(=O)NCC(C)C)cc2n2c(=O)n(Cc3c(F)cccc3Cl)nc12. The lowest BCUT2D eigenvalue weighted by atomic mass is 10.1. The Balaban J connectivity index is 1.95. The minimum absolute atomic E-state index is 0.122. The van der Waals surface area contributed by atoms with Crippen molar-refractivity contribution < 1.29 is 9.18 Å². The van der Waals surface area contributed by atoms with Crippen LogP contribution in [0.25, 0.3) is 16.7 Å². The van der Waals surface area contributed by atoms with Crippen LogP contribution in [0, 0.1) is 11.7 Å². The van der Waals surface area contributed by atoms with Crippen molar-refractivity contribution in [3.05, 3.63) is 79.2 Å². The topological polar surface area (TPSA) is 90.4 Å². The summed E-state index contributed by atoms with van der Waals surface area (Å²) >= 11 is 6.15. The van der Waals surface area contributed by atoms with E-state index in [1.807, 2.05) is 20.8 Å². The van der Waals surface area contributed by atoms with Gasteiger partial charge in [-0.15, -0.1) is 5.10 Å². The van der Waals surface area contributed by atoms with Gasteiger partial charge in [0.05, 0.1) is 17.4 Å². The molecule has 1 N–H and O–H groups in total. The summed E-state index contributed by atoms with van der Waals surface area (Å²) in [5, 5.41) is 7.65. The number of nitrogens with zero attached hydrogens (tertiary/aromatic N) is 4. The van der Waals surface area contributed by atoms with Gasteiger partial charge in [-0.25, -0.2) is 18.3 Å². The number of benzene rings is 2. The molecule has 0 atom stereocenters. The third-order valence-corrected chi connectivity index (χ3v) is 5.88. The highest BCUT2D eigenvalue weighted by atomic mass is 35.5. The Hall–Kier alpha value is -3.46. The van der Waals surface area contributed by atoms with Crippen molar-refractivity contribution in [3.8, 4) is 0 Å². The van der Waals surface area contributed by atoms with Crippen molar-refractivity contribution in [1.82, 2.24) is 24.1 Å². The zero-order chi connectivity index (χ0) is 24.6. The zero-order valence-corrected chi connectivity index (χ0v) is 19.9. The summed E-state index contributed by atoms with van der Waals surface area (Å²) in [5.74, 6) is -0.476. The third kappa shape index (κ3) is 4.23. The number of carbonyl (C=O) groups excluding carboxylic acids is 1. The van der Waals surface area contributed by atoms with Gasteiger partial charge in [-0.05, 0) is 42.7 Å². The van der Waals surface area contributed by atoms with Crippen LogP contribution in [-0.4, -0.2) is 31.2 Å². The van der Waals surface area contributed by atoms with E-state index >= 15 is 0 Å². The van der Waals surface area contributed by atoms with Crippen LogP contribution in [0.15, 0.2) is 46.0 Å². The first-order valence-corrected chi connectivity index (χ1v) is 11.5. The van der Waals surface area contributed by atoms with E-state index in [0.29, 0.717) is 25.1 Å². The van der Waals surface area contributed by atoms with Crippen LogP contribution in [0.2, 0.25) is 5.02 Å². The Morgan fingerprint density at radius 1 is 1.21 bits per heavy atom. The van der Waals surface area contributed by atoms with E-state index in [0.717, 1.165) is 4.68 Å². The number of fused-ring (bicyclic) bond motifs is 3. The number of aryl methyl sites for hydroxylation is 1. The van der Waals surface area contributed by atoms with Crippen LogP contribution in [0.1, 0.15) is 43.1 Å². The summed E-state index contributed by atoms with van der Waals surface area (Å²) in [6, 6.07) is 8.89. The quantitative estimate of drug-likeness (QED) is 0.434. The monoisotopic (exact) mass is 485 g/mol. The first-order valence-electron chi connectivity index (χ1n) is 11.1. The third-order valence-electron chi connectivity index (χ3n) is 5.53. The van der Waals surface area contributed by atoms with Gasteiger partial charge in [0.2, 0.25) is 5.78 Å². The summed E-state index contributed by atoms with van der Waals surface area (Å²) in [6.45, 7) is 6.50. The van der Waals surface area contributed by atoms with Crippen LogP contribution < -0.4 is 16.6 Å². The number of halogens is 2. The van der Waals surface area contributed by atoms with E-state index in [9.17, 15) is 18.8 Å². The fourth-order valence-corrected chi connectivity index (χ4v) is 4.04. The lowest BCUT2D eigenvalue weighted by Crippen LogP contribution is -2.29. The second kappa shape index (κ2) is 9.42. The van der Waals surface area contributed by atoms with Crippen molar-refractivity contribution in [3.63, 3.8) is 0 Å². The minimum atomic E-state index is -0.566. The maximum absolute atomic E-state index is 14.4. The van der Waals surface area contributed by atoms with Gasteiger partial charge in [-0.3, -0.25) is 14.2 Å². The van der Waals surface area contributed by atoms with Crippen LogP contribution in [0.5, 0.6) is 0 Å². The largest absolute Gasteiger partial charge is 0.352 e. The summed E-state index contributed by atoms with van der Waals surface area (Å²) in [7, 11) is 0. The second-order valence-electron chi connectivity index (χ2n) is 8.57. The average Bonchev–Trinajstić information content (AvgIpc) is 3.13. The molecule has 2 aromatic carbocycles. The van der Waals surface area contributed by atoms with Gasteiger partial charge in [-0.1, -0.05) is 38.4 Å². The van der Waals surface area contributed by atoms with Gasteiger partial charge < -0.3 is 5.32 Å². The predicted molar refractivity (Wildman–Crippen MR) is 129 cm³/mol. The molecule has 0 fully saturated rings. The molecule has 34 heavy (non-hydrogen) atoms. The Morgan fingerprint density at radius 2 is 1.97 bits per heavy atom. The van der Waals surface area contributed by atoms with Gasteiger partial charge in [0.25, 0.3) is 11.5 Å². The van der Waals surface area contributed by atoms with Crippen molar-refractivity contribution >= 4 is 34.2 Å². The summed E-state index contributed by atoms with van der Waals surface area (Å²) in [4.78, 5) is 39.3. The average molecular weight is 486 g/mol. The van der Waals surface area contributed by atoms with E-state index in [4.69, 9.17) is 11.6 Å². The number of rotatable bonds is 7. The van der Waals surface area contributed by atoms with E-state index in [1.165, 1.54) is 33.2 Å². The van der Waals surface area contributed by atoms with E-state index in [1.54, 1.807) is 12.1 Å². The molecule has 10 heteroatoms. The molecular weight excluding hydrogens is 461 g/mol. The first kappa shape index (κ1) is 23.7. The molecule has 0 saturated carbocycles. The Morgan fingerprint density at radius 3 is 2.65 bits per heavy atom. The molecule has 0 saturated heterocycles. The Bertz CT molecular complexity index is 1500. The Kier molecular flexibility index (Phi) is 6.56. The second-order valence-corrected chi connectivity index (χ2v) is 8.98. The van der Waals surface area contributed by atoms with E-state index in [-0.39, 0.29) is 51.2 Å². The molecule has 0 unspecified atom stereocenters. The lowest BCUT2D eigenvalue weighted by Gasteiger charge is -2.11. The van der Waals surface area contributed by atoms with Gasteiger partial charge >= 0.3 is 5.69 Å². The molecule has 1 amide bonds. The molecule has 8 nitrogen and oxygen atoms in total. The standard InChI is InChI=1S/C24H25ClFN5O3/c1-4-10-29-22(33)16-9-8-15(21(32)27-12-14(2)3)11-20(16)31-23(29)28-30(24(31)34)13-17-18(25)6-5-7-19(17)26/h5-9,11,14H,4,10,12-13H2,1-3H3,(H,27,32). The minimum Gasteiger partial charge on any atom is -0.352 e. The van der Waals surface area contributed by atoms with Crippen molar-refractivity contribution in [1.29, 1.82) is 0 Å². The van der Waals surface area contributed by atoms with E-state index < -0.39 is 11.5 Å². The van der Waals surface area contributed by atoms with E-state index in [2.05, 4.69) is 10.4 Å². The highest BCUT2D eigenvalue weighted by molar-refractivity contribution is 6.31. The fourth-order valence-electron chi connectivity index (χ4n) is 3.82. The lowest BCUT2D eigenvalue weighted by molar-refractivity contribution is 0.0949. The first-order chi connectivity index (χ1) is 16.2. The number of aromatic nitrogens is 4. The maximum Gasteiger partial charge on any atom is 0.352 e. The van der Waals surface area contributed by atoms with Crippen molar-refractivity contribution in [2.24, 2.45) is 5.92 Å². The number of hydrogen-bond acceptors (Lipinski definition) is 4. The molecule has 2 heterocycles. The molecule has 2 aromatic heterocycles. The molecule has 0 aliphatic carbocycles. The van der Waals surface area contributed by atoms with Crippen LogP contribution >= 0.6 is 11.6 Å². The molecule has 0 aliphatic heterocycles. The van der Waals surface area contributed by atoms with Crippen LogP contribution in [-0.2, 0) is 13.1 Å². The molecule has 0 spiro atoms.